The normalized spacial score (nSPS) is 10.5. The molecule has 0 radical (unpaired) electrons. The number of hydrogen-bond donors (Lipinski definition) is 1. The number of benzene rings is 2. The molecule has 3 rings (SSSR count). The Kier molecular flexibility index (Phi) is 5.25. The van der Waals surface area contributed by atoms with Crippen molar-refractivity contribution >= 4 is 17.3 Å². The third-order valence-corrected chi connectivity index (χ3v) is 3.91. The number of amides is 1. The van der Waals surface area contributed by atoms with Gasteiger partial charge in [-0.05, 0) is 42.0 Å². The van der Waals surface area contributed by atoms with E-state index in [4.69, 9.17) is 0 Å². The summed E-state index contributed by atoms with van der Waals surface area (Å²) in [7, 11) is 0. The van der Waals surface area contributed by atoms with Gasteiger partial charge >= 0.3 is 5.69 Å². The number of nitrogens with one attached hydrogen (secondary N) is 1. The summed E-state index contributed by atoms with van der Waals surface area (Å²) in [6, 6.07) is 11.3. The van der Waals surface area contributed by atoms with Crippen LogP contribution in [0.1, 0.15) is 15.9 Å². The molecule has 0 bridgehead atoms. The first-order valence-electron chi connectivity index (χ1n) is 8.04. The van der Waals surface area contributed by atoms with E-state index in [0.29, 0.717) is 5.56 Å². The molecule has 9 heteroatoms. The summed E-state index contributed by atoms with van der Waals surface area (Å²) in [6.07, 6.45) is 1.45. The van der Waals surface area contributed by atoms with E-state index in [1.807, 2.05) is 0 Å². The van der Waals surface area contributed by atoms with Crippen LogP contribution in [-0.4, -0.2) is 15.4 Å². The van der Waals surface area contributed by atoms with Crippen LogP contribution in [0.3, 0.4) is 0 Å². The van der Waals surface area contributed by atoms with Gasteiger partial charge in [-0.1, -0.05) is 12.1 Å². The molecule has 7 nitrogen and oxygen atoms in total. The number of carbonyl (C=O) groups excluding carboxylic acids is 1. The number of pyridine rings is 1. The topological polar surface area (TPSA) is 94.2 Å². The van der Waals surface area contributed by atoms with Crippen LogP contribution in [0.5, 0.6) is 0 Å². The van der Waals surface area contributed by atoms with Crippen LogP contribution in [0.15, 0.2) is 65.6 Å². The SMILES string of the molecule is O=C(Nc1ccc(F)c([N+](=O)[O-])c1)c1cccn(Cc2cccc(F)c2)c1=O. The molecule has 3 aromatic rings. The fraction of sp³-hybridized carbons (Fsp3) is 0.0526. The van der Waals surface area contributed by atoms with Crippen LogP contribution in [0.25, 0.3) is 0 Å². The maximum Gasteiger partial charge on any atom is 0.306 e. The van der Waals surface area contributed by atoms with E-state index < -0.39 is 33.7 Å². The van der Waals surface area contributed by atoms with Gasteiger partial charge in [0.1, 0.15) is 11.4 Å². The zero-order valence-electron chi connectivity index (χ0n) is 14.3. The van der Waals surface area contributed by atoms with Gasteiger partial charge in [0, 0.05) is 18.0 Å². The number of carbonyl (C=O) groups is 1. The molecular formula is C19H13F2N3O4. The molecular weight excluding hydrogens is 372 g/mol. The van der Waals surface area contributed by atoms with Crippen LogP contribution in [0.4, 0.5) is 20.2 Å². The number of halogens is 2. The molecule has 1 aromatic heterocycles. The first-order valence-corrected chi connectivity index (χ1v) is 8.04. The zero-order valence-corrected chi connectivity index (χ0v) is 14.3. The largest absolute Gasteiger partial charge is 0.322 e. The van der Waals surface area contributed by atoms with E-state index in [2.05, 4.69) is 5.32 Å². The third-order valence-electron chi connectivity index (χ3n) is 3.91. The zero-order chi connectivity index (χ0) is 20.3. The summed E-state index contributed by atoms with van der Waals surface area (Å²) in [5.41, 5.74) is -1.13. The van der Waals surface area contributed by atoms with Crippen molar-refractivity contribution in [2.75, 3.05) is 5.32 Å². The minimum absolute atomic E-state index is 0.0296. The Morgan fingerprint density at radius 1 is 1.11 bits per heavy atom. The summed E-state index contributed by atoms with van der Waals surface area (Å²) < 4.78 is 27.9. The van der Waals surface area contributed by atoms with E-state index >= 15 is 0 Å². The Bertz CT molecular complexity index is 1130. The smallest absolute Gasteiger partial charge is 0.306 e. The molecule has 0 unspecified atom stereocenters. The van der Waals surface area contributed by atoms with Gasteiger partial charge < -0.3 is 9.88 Å². The van der Waals surface area contributed by atoms with Gasteiger partial charge in [-0.25, -0.2) is 4.39 Å². The highest BCUT2D eigenvalue weighted by atomic mass is 19.1. The van der Waals surface area contributed by atoms with E-state index in [-0.39, 0.29) is 17.8 Å². The molecule has 1 amide bonds. The number of aromatic nitrogens is 1. The molecule has 1 N–H and O–H groups in total. The molecule has 0 spiro atoms. The lowest BCUT2D eigenvalue weighted by molar-refractivity contribution is -0.387. The quantitative estimate of drug-likeness (QED) is 0.538. The fourth-order valence-electron chi connectivity index (χ4n) is 2.59. The lowest BCUT2D eigenvalue weighted by Gasteiger charge is -2.09. The second-order valence-electron chi connectivity index (χ2n) is 5.86. The average molecular weight is 385 g/mol. The van der Waals surface area contributed by atoms with Crippen LogP contribution in [0.2, 0.25) is 0 Å². The van der Waals surface area contributed by atoms with Crippen molar-refractivity contribution in [1.82, 2.24) is 4.57 Å². The maximum atomic E-state index is 13.4. The summed E-state index contributed by atoms with van der Waals surface area (Å²) in [4.78, 5) is 34.9. The molecule has 28 heavy (non-hydrogen) atoms. The van der Waals surface area contributed by atoms with E-state index in [1.54, 1.807) is 6.07 Å². The second kappa shape index (κ2) is 7.78. The molecule has 2 aromatic carbocycles. The van der Waals surface area contributed by atoms with Gasteiger partial charge in [-0.2, -0.15) is 4.39 Å². The van der Waals surface area contributed by atoms with Crippen LogP contribution < -0.4 is 10.9 Å². The van der Waals surface area contributed by atoms with Gasteiger partial charge in [-0.15, -0.1) is 0 Å². The molecule has 0 aliphatic rings. The molecule has 0 aliphatic heterocycles. The lowest BCUT2D eigenvalue weighted by atomic mass is 10.2. The monoisotopic (exact) mass is 385 g/mol. The highest BCUT2D eigenvalue weighted by Gasteiger charge is 2.17. The Balaban J connectivity index is 1.86. The molecule has 1 heterocycles. The lowest BCUT2D eigenvalue weighted by Crippen LogP contribution is -2.29. The van der Waals surface area contributed by atoms with E-state index in [9.17, 15) is 28.5 Å². The van der Waals surface area contributed by atoms with Gasteiger partial charge in [0.05, 0.1) is 11.5 Å². The molecule has 0 saturated carbocycles. The molecule has 0 aliphatic carbocycles. The summed E-state index contributed by atoms with van der Waals surface area (Å²) >= 11 is 0. The average Bonchev–Trinajstić information content (AvgIpc) is 2.65. The summed E-state index contributed by atoms with van der Waals surface area (Å²) in [5.74, 6) is -2.29. The highest BCUT2D eigenvalue weighted by Crippen LogP contribution is 2.21. The predicted molar refractivity (Wildman–Crippen MR) is 97.2 cm³/mol. The molecule has 0 saturated heterocycles. The maximum absolute atomic E-state index is 13.4. The van der Waals surface area contributed by atoms with Crippen molar-refractivity contribution in [3.63, 3.8) is 0 Å². The van der Waals surface area contributed by atoms with Crippen molar-refractivity contribution in [3.05, 3.63) is 104 Å². The first kappa shape index (κ1) is 18.9. The number of nitro groups is 1. The van der Waals surface area contributed by atoms with Crippen molar-refractivity contribution < 1.29 is 18.5 Å². The minimum atomic E-state index is -1.04. The first-order chi connectivity index (χ1) is 13.3. The molecule has 0 fully saturated rings. The number of rotatable bonds is 5. The molecule has 142 valence electrons. The number of hydrogen-bond acceptors (Lipinski definition) is 4. The van der Waals surface area contributed by atoms with E-state index in [1.165, 1.54) is 41.1 Å². The van der Waals surface area contributed by atoms with Gasteiger partial charge in [-0.3, -0.25) is 19.7 Å². The van der Waals surface area contributed by atoms with Crippen molar-refractivity contribution in [3.8, 4) is 0 Å². The Morgan fingerprint density at radius 2 is 1.89 bits per heavy atom. The Morgan fingerprint density at radius 3 is 2.61 bits per heavy atom. The third kappa shape index (κ3) is 4.09. The summed E-state index contributed by atoms with van der Waals surface area (Å²) in [6.45, 7) is 0.0553. The molecule has 0 atom stereocenters. The Labute approximate surface area is 157 Å². The number of nitrogens with zero attached hydrogens (tertiary/aromatic N) is 2. The number of anilines is 1. The van der Waals surface area contributed by atoms with Crippen molar-refractivity contribution in [1.29, 1.82) is 0 Å². The summed E-state index contributed by atoms with van der Waals surface area (Å²) in [5, 5.41) is 13.1. The van der Waals surface area contributed by atoms with Crippen molar-refractivity contribution in [2.45, 2.75) is 6.54 Å². The van der Waals surface area contributed by atoms with Gasteiger partial charge in [0.25, 0.3) is 11.5 Å². The van der Waals surface area contributed by atoms with Gasteiger partial charge in [0.15, 0.2) is 0 Å². The Hall–Kier alpha value is -3.88. The standard InChI is InChI=1S/C19H13F2N3O4/c20-13-4-1-3-12(9-13)11-23-8-2-5-15(19(23)26)18(25)22-14-6-7-16(21)17(10-14)24(27)28/h1-10H,11H2,(H,22,25). The number of nitro benzene ring substituents is 1. The fourth-order valence-corrected chi connectivity index (χ4v) is 2.59. The van der Waals surface area contributed by atoms with Gasteiger partial charge in [0.2, 0.25) is 5.82 Å². The minimum Gasteiger partial charge on any atom is -0.322 e. The predicted octanol–water partition coefficient (Wildman–Crippen LogP) is 3.34. The van der Waals surface area contributed by atoms with Crippen LogP contribution in [0, 0.1) is 21.7 Å². The van der Waals surface area contributed by atoms with Crippen LogP contribution >= 0.6 is 0 Å². The van der Waals surface area contributed by atoms with E-state index in [0.717, 1.165) is 18.2 Å². The van der Waals surface area contributed by atoms with Crippen molar-refractivity contribution in [2.24, 2.45) is 0 Å². The highest BCUT2D eigenvalue weighted by molar-refractivity contribution is 6.04. The van der Waals surface area contributed by atoms with Crippen LogP contribution in [-0.2, 0) is 6.54 Å². The second-order valence-corrected chi connectivity index (χ2v) is 5.86.